The van der Waals surface area contributed by atoms with Gasteiger partial charge in [-0.1, -0.05) is 18.5 Å². The zero-order chi connectivity index (χ0) is 13.1. The molecule has 0 aromatic heterocycles. The highest BCUT2D eigenvalue weighted by molar-refractivity contribution is 6.30. The molecule has 0 radical (unpaired) electrons. The Balaban J connectivity index is 2.85. The third-order valence-corrected chi connectivity index (χ3v) is 2.93. The lowest BCUT2D eigenvalue weighted by Gasteiger charge is -2.24. The van der Waals surface area contributed by atoms with Crippen molar-refractivity contribution in [3.05, 3.63) is 34.9 Å². The molecule has 0 spiro atoms. The van der Waals surface area contributed by atoms with Crippen molar-refractivity contribution in [2.45, 2.75) is 25.8 Å². The van der Waals surface area contributed by atoms with Gasteiger partial charge >= 0.3 is 5.97 Å². The Bertz CT molecular complexity index is 430. The van der Waals surface area contributed by atoms with Gasteiger partial charge < -0.3 is 10.4 Å². The molecule has 0 aliphatic carbocycles. The summed E-state index contributed by atoms with van der Waals surface area (Å²) in [5.41, 5.74) is -0.869. The van der Waals surface area contributed by atoms with E-state index < -0.39 is 17.4 Å². The third-order valence-electron chi connectivity index (χ3n) is 2.67. The van der Waals surface area contributed by atoms with Crippen molar-refractivity contribution in [1.29, 1.82) is 0 Å². The van der Waals surface area contributed by atoms with Crippen molar-refractivity contribution in [3.63, 3.8) is 0 Å². The van der Waals surface area contributed by atoms with Crippen LogP contribution in [-0.2, 0) is 4.79 Å². The number of benzene rings is 1. The fourth-order valence-electron chi connectivity index (χ4n) is 1.22. The standard InChI is InChI=1S/C12H14ClNO3/c1-3-12(2,11(16)17)14-10(15)8-4-6-9(13)7-5-8/h4-7H,3H2,1-2H3,(H,14,15)(H,16,17). The number of hydrogen-bond donors (Lipinski definition) is 2. The van der Waals surface area contributed by atoms with Crippen molar-refractivity contribution in [1.82, 2.24) is 5.32 Å². The van der Waals surface area contributed by atoms with Crippen LogP contribution >= 0.6 is 11.6 Å². The van der Waals surface area contributed by atoms with E-state index >= 15 is 0 Å². The molecule has 5 heteroatoms. The number of carboxylic acids is 1. The highest BCUT2D eigenvalue weighted by atomic mass is 35.5. The van der Waals surface area contributed by atoms with Crippen molar-refractivity contribution in [3.8, 4) is 0 Å². The second-order valence-electron chi connectivity index (χ2n) is 3.95. The molecule has 1 amide bonds. The summed E-state index contributed by atoms with van der Waals surface area (Å²) < 4.78 is 0. The SMILES string of the molecule is CCC(C)(NC(=O)c1ccc(Cl)cc1)C(=O)O. The Morgan fingerprint density at radius 1 is 1.35 bits per heavy atom. The largest absolute Gasteiger partial charge is 0.480 e. The molecule has 1 aromatic rings. The number of carboxylic acid groups (broad SMARTS) is 1. The molecule has 0 aliphatic heterocycles. The molecule has 2 N–H and O–H groups in total. The number of carbonyl (C=O) groups is 2. The van der Waals surface area contributed by atoms with E-state index in [0.717, 1.165) is 0 Å². The molecule has 0 heterocycles. The van der Waals surface area contributed by atoms with E-state index in [4.69, 9.17) is 16.7 Å². The van der Waals surface area contributed by atoms with Gasteiger partial charge in [0.15, 0.2) is 0 Å². The van der Waals surface area contributed by atoms with E-state index in [0.29, 0.717) is 17.0 Å². The molecule has 92 valence electrons. The van der Waals surface area contributed by atoms with Crippen LogP contribution in [-0.4, -0.2) is 22.5 Å². The quantitative estimate of drug-likeness (QED) is 0.868. The highest BCUT2D eigenvalue weighted by Gasteiger charge is 2.32. The normalized spacial score (nSPS) is 13.8. The molecule has 1 unspecified atom stereocenters. The Labute approximate surface area is 105 Å². The summed E-state index contributed by atoms with van der Waals surface area (Å²) in [7, 11) is 0. The maximum Gasteiger partial charge on any atom is 0.329 e. The average molecular weight is 256 g/mol. The number of aliphatic carboxylic acids is 1. The molecule has 17 heavy (non-hydrogen) atoms. The number of rotatable bonds is 4. The van der Waals surface area contributed by atoms with E-state index in [1.165, 1.54) is 6.92 Å². The predicted octanol–water partition coefficient (Wildman–Crippen LogP) is 2.32. The molecule has 1 aromatic carbocycles. The summed E-state index contributed by atoms with van der Waals surface area (Å²) in [6.45, 7) is 3.18. The van der Waals surface area contributed by atoms with Crippen LogP contribution in [0.25, 0.3) is 0 Å². The molecule has 0 bridgehead atoms. The van der Waals surface area contributed by atoms with E-state index in [1.54, 1.807) is 31.2 Å². The second-order valence-corrected chi connectivity index (χ2v) is 4.39. The van der Waals surface area contributed by atoms with Gasteiger partial charge in [0.05, 0.1) is 0 Å². The first-order chi connectivity index (χ1) is 7.89. The Kier molecular flexibility index (Phi) is 4.12. The lowest BCUT2D eigenvalue weighted by Crippen LogP contribution is -2.51. The van der Waals surface area contributed by atoms with Gasteiger partial charge in [-0.15, -0.1) is 0 Å². The fraction of sp³-hybridized carbons (Fsp3) is 0.333. The van der Waals surface area contributed by atoms with Crippen LogP contribution < -0.4 is 5.32 Å². The minimum Gasteiger partial charge on any atom is -0.480 e. The van der Waals surface area contributed by atoms with Gasteiger partial charge in [-0.05, 0) is 37.6 Å². The van der Waals surface area contributed by atoms with Crippen LogP contribution in [0.5, 0.6) is 0 Å². The molecule has 0 saturated carbocycles. The number of hydrogen-bond acceptors (Lipinski definition) is 2. The average Bonchev–Trinajstić information content (AvgIpc) is 2.29. The first-order valence-corrected chi connectivity index (χ1v) is 5.58. The van der Waals surface area contributed by atoms with Gasteiger partial charge in [0.2, 0.25) is 0 Å². The van der Waals surface area contributed by atoms with Crippen molar-refractivity contribution < 1.29 is 14.7 Å². The van der Waals surface area contributed by atoms with Crippen molar-refractivity contribution in [2.75, 3.05) is 0 Å². The first kappa shape index (κ1) is 13.5. The first-order valence-electron chi connectivity index (χ1n) is 5.20. The van der Waals surface area contributed by atoms with Gasteiger partial charge in [0.25, 0.3) is 5.91 Å². The van der Waals surface area contributed by atoms with E-state index in [1.807, 2.05) is 0 Å². The summed E-state index contributed by atoms with van der Waals surface area (Å²) in [5, 5.41) is 12.1. The van der Waals surface area contributed by atoms with Crippen LogP contribution in [0, 0.1) is 0 Å². The van der Waals surface area contributed by atoms with Gasteiger partial charge in [-0.2, -0.15) is 0 Å². The van der Waals surface area contributed by atoms with Crippen LogP contribution in [0.4, 0.5) is 0 Å². The molecular formula is C12H14ClNO3. The lowest BCUT2D eigenvalue weighted by atomic mass is 9.98. The van der Waals surface area contributed by atoms with E-state index in [2.05, 4.69) is 5.32 Å². The zero-order valence-electron chi connectivity index (χ0n) is 9.66. The summed E-state index contributed by atoms with van der Waals surface area (Å²) in [4.78, 5) is 22.9. The summed E-state index contributed by atoms with van der Waals surface area (Å²) >= 11 is 5.70. The number of halogens is 1. The minimum absolute atomic E-state index is 0.307. The van der Waals surface area contributed by atoms with Crippen molar-refractivity contribution in [2.24, 2.45) is 0 Å². The number of carbonyl (C=O) groups excluding carboxylic acids is 1. The van der Waals surface area contributed by atoms with Gasteiger partial charge in [0, 0.05) is 10.6 Å². The third kappa shape index (κ3) is 3.20. The van der Waals surface area contributed by atoms with Crippen LogP contribution in [0.3, 0.4) is 0 Å². The van der Waals surface area contributed by atoms with Crippen molar-refractivity contribution >= 4 is 23.5 Å². The fourth-order valence-corrected chi connectivity index (χ4v) is 1.34. The molecule has 0 saturated heterocycles. The molecule has 1 atom stereocenters. The number of nitrogens with one attached hydrogen (secondary N) is 1. The maximum atomic E-state index is 11.8. The summed E-state index contributed by atoms with van der Waals surface area (Å²) in [6.07, 6.45) is 0.307. The summed E-state index contributed by atoms with van der Waals surface area (Å²) in [5.74, 6) is -1.48. The highest BCUT2D eigenvalue weighted by Crippen LogP contribution is 2.13. The van der Waals surface area contributed by atoms with Crippen LogP contribution in [0.2, 0.25) is 5.02 Å². The molecule has 0 fully saturated rings. The van der Waals surface area contributed by atoms with Gasteiger partial charge in [-0.3, -0.25) is 4.79 Å². The molecule has 1 rings (SSSR count). The molecule has 4 nitrogen and oxygen atoms in total. The molecular weight excluding hydrogens is 242 g/mol. The maximum absolute atomic E-state index is 11.8. The second kappa shape index (κ2) is 5.19. The Hall–Kier alpha value is -1.55. The number of amides is 1. The smallest absolute Gasteiger partial charge is 0.329 e. The molecule has 0 aliphatic rings. The van der Waals surface area contributed by atoms with Gasteiger partial charge in [0.1, 0.15) is 5.54 Å². The van der Waals surface area contributed by atoms with E-state index in [-0.39, 0.29) is 0 Å². The van der Waals surface area contributed by atoms with E-state index in [9.17, 15) is 9.59 Å². The monoisotopic (exact) mass is 255 g/mol. The predicted molar refractivity (Wildman–Crippen MR) is 65.3 cm³/mol. The zero-order valence-corrected chi connectivity index (χ0v) is 10.4. The lowest BCUT2D eigenvalue weighted by molar-refractivity contribution is -0.143. The van der Waals surface area contributed by atoms with Crippen LogP contribution in [0.15, 0.2) is 24.3 Å². The van der Waals surface area contributed by atoms with Gasteiger partial charge in [-0.25, -0.2) is 4.79 Å². The Morgan fingerprint density at radius 3 is 2.29 bits per heavy atom. The topological polar surface area (TPSA) is 66.4 Å². The Morgan fingerprint density at radius 2 is 1.88 bits per heavy atom. The van der Waals surface area contributed by atoms with Crippen LogP contribution in [0.1, 0.15) is 30.6 Å². The minimum atomic E-state index is -1.25. The summed E-state index contributed by atoms with van der Waals surface area (Å²) in [6, 6.07) is 6.27.